The van der Waals surface area contributed by atoms with Crippen LogP contribution in [-0.4, -0.2) is 22.6 Å². The third kappa shape index (κ3) is 4.22. The van der Waals surface area contributed by atoms with Crippen LogP contribution in [0.1, 0.15) is 32.3 Å². The van der Waals surface area contributed by atoms with Gasteiger partial charge in [0.2, 0.25) is 0 Å². The molecule has 0 radical (unpaired) electrons. The van der Waals surface area contributed by atoms with E-state index in [4.69, 9.17) is 9.84 Å². The Hall–Kier alpha value is -2.11. The van der Waals surface area contributed by atoms with E-state index in [1.165, 1.54) is 6.07 Å². The lowest BCUT2D eigenvalue weighted by atomic mass is 9.88. The van der Waals surface area contributed by atoms with Crippen molar-refractivity contribution >= 4 is 11.7 Å². The Balaban J connectivity index is 2.60. The number of rotatable bonds is 7. The fourth-order valence-electron chi connectivity index (χ4n) is 1.69. The molecule has 0 amide bonds. The first-order valence-corrected chi connectivity index (χ1v) is 6.35. The maximum Gasteiger partial charge on any atom is 0.310 e. The second-order valence-corrected chi connectivity index (χ2v) is 5.37. The van der Waals surface area contributed by atoms with Crippen molar-refractivity contribution in [1.82, 2.24) is 0 Å². The van der Waals surface area contributed by atoms with Crippen molar-refractivity contribution in [2.24, 2.45) is 5.41 Å². The van der Waals surface area contributed by atoms with Crippen LogP contribution in [0.2, 0.25) is 0 Å². The molecule has 20 heavy (non-hydrogen) atoms. The van der Waals surface area contributed by atoms with Gasteiger partial charge in [-0.3, -0.25) is 14.9 Å². The Bertz CT molecular complexity index is 510. The molecule has 0 spiro atoms. The van der Waals surface area contributed by atoms with Gasteiger partial charge in [0.05, 0.1) is 16.9 Å². The summed E-state index contributed by atoms with van der Waals surface area (Å²) in [6, 6.07) is 4.67. The molecule has 0 atom stereocenters. The van der Waals surface area contributed by atoms with E-state index >= 15 is 0 Å². The van der Waals surface area contributed by atoms with Crippen LogP contribution in [0.5, 0.6) is 5.75 Å². The van der Waals surface area contributed by atoms with Gasteiger partial charge < -0.3 is 9.84 Å². The highest BCUT2D eigenvalue weighted by atomic mass is 16.6. The van der Waals surface area contributed by atoms with Crippen molar-refractivity contribution in [1.29, 1.82) is 0 Å². The molecule has 0 aliphatic heterocycles. The average molecular weight is 281 g/mol. The number of hydrogen-bond donors (Lipinski definition) is 1. The van der Waals surface area contributed by atoms with Gasteiger partial charge in [-0.05, 0) is 45.2 Å². The first-order valence-electron chi connectivity index (χ1n) is 6.35. The van der Waals surface area contributed by atoms with Gasteiger partial charge >= 0.3 is 11.7 Å². The summed E-state index contributed by atoms with van der Waals surface area (Å²) in [5.41, 5.74) is -0.0217. The minimum Gasteiger partial charge on any atom is -0.487 e. The van der Waals surface area contributed by atoms with Crippen LogP contribution in [0.25, 0.3) is 0 Å². The predicted molar refractivity (Wildman–Crippen MR) is 74.0 cm³/mol. The summed E-state index contributed by atoms with van der Waals surface area (Å²) in [6.45, 7) is 5.36. The average Bonchev–Trinajstić information content (AvgIpc) is 2.34. The molecule has 1 N–H and O–H groups in total. The normalized spacial score (nSPS) is 11.2. The van der Waals surface area contributed by atoms with E-state index in [0.29, 0.717) is 12.8 Å². The van der Waals surface area contributed by atoms with E-state index in [1.807, 2.05) is 6.92 Å². The first-order chi connectivity index (χ1) is 9.24. The smallest absolute Gasteiger partial charge is 0.310 e. The van der Waals surface area contributed by atoms with Crippen LogP contribution in [0.3, 0.4) is 0 Å². The van der Waals surface area contributed by atoms with Gasteiger partial charge in [0.15, 0.2) is 5.75 Å². The minimum absolute atomic E-state index is 0.0758. The van der Waals surface area contributed by atoms with E-state index in [-0.39, 0.29) is 18.0 Å². The van der Waals surface area contributed by atoms with Crippen LogP contribution in [0, 0.1) is 22.5 Å². The summed E-state index contributed by atoms with van der Waals surface area (Å²) in [6.07, 6.45) is 0.965. The predicted octanol–water partition coefficient (Wildman–Crippen LogP) is 3.17. The van der Waals surface area contributed by atoms with Gasteiger partial charge in [-0.1, -0.05) is 6.07 Å². The molecule has 0 bridgehead atoms. The molecule has 0 saturated carbocycles. The zero-order valence-electron chi connectivity index (χ0n) is 11.9. The van der Waals surface area contributed by atoms with Crippen LogP contribution >= 0.6 is 0 Å². The maximum atomic E-state index is 10.9. The van der Waals surface area contributed by atoms with E-state index in [9.17, 15) is 14.9 Å². The van der Waals surface area contributed by atoms with Gasteiger partial charge in [0.25, 0.3) is 0 Å². The lowest BCUT2D eigenvalue weighted by molar-refractivity contribution is -0.385. The Kier molecular flexibility index (Phi) is 5.07. The number of hydrogen-bond acceptors (Lipinski definition) is 4. The van der Waals surface area contributed by atoms with Gasteiger partial charge in [-0.25, -0.2) is 0 Å². The molecule has 0 aromatic heterocycles. The molecule has 0 aliphatic rings. The molecule has 1 aromatic rings. The molecule has 110 valence electrons. The van der Waals surface area contributed by atoms with Gasteiger partial charge in [0, 0.05) is 6.07 Å². The first kappa shape index (κ1) is 15.9. The SMILES string of the molecule is Cc1ccc([N+](=O)[O-])c(OCCCC(C)(C)C(=O)O)c1. The topological polar surface area (TPSA) is 89.7 Å². The molecule has 0 heterocycles. The zero-order chi connectivity index (χ0) is 15.3. The van der Waals surface area contributed by atoms with Crippen LogP contribution in [0.4, 0.5) is 5.69 Å². The largest absolute Gasteiger partial charge is 0.487 e. The van der Waals surface area contributed by atoms with Crippen molar-refractivity contribution in [3.05, 3.63) is 33.9 Å². The van der Waals surface area contributed by atoms with E-state index < -0.39 is 16.3 Å². The highest BCUT2D eigenvalue weighted by Gasteiger charge is 2.26. The molecule has 0 fully saturated rings. The molecule has 1 rings (SSSR count). The third-order valence-corrected chi connectivity index (χ3v) is 3.09. The number of carboxylic acids is 1. The number of aliphatic carboxylic acids is 1. The number of carboxylic acid groups (broad SMARTS) is 1. The number of benzene rings is 1. The summed E-state index contributed by atoms with van der Waals surface area (Å²) < 4.78 is 5.42. The second kappa shape index (κ2) is 6.36. The second-order valence-electron chi connectivity index (χ2n) is 5.37. The van der Waals surface area contributed by atoms with Crippen molar-refractivity contribution in [2.45, 2.75) is 33.6 Å². The number of nitro groups is 1. The summed E-state index contributed by atoms with van der Waals surface area (Å²) >= 11 is 0. The van der Waals surface area contributed by atoms with Crippen molar-refractivity contribution in [3.8, 4) is 5.75 Å². The van der Waals surface area contributed by atoms with Crippen molar-refractivity contribution in [3.63, 3.8) is 0 Å². The van der Waals surface area contributed by atoms with E-state index in [2.05, 4.69) is 0 Å². The standard InChI is InChI=1S/C14H19NO5/c1-10-5-6-11(15(18)19)12(9-10)20-8-4-7-14(2,3)13(16)17/h5-6,9H,4,7-8H2,1-3H3,(H,16,17). The highest BCUT2D eigenvalue weighted by molar-refractivity contribution is 5.73. The number of nitro benzene ring substituents is 1. The van der Waals surface area contributed by atoms with Crippen molar-refractivity contribution in [2.75, 3.05) is 6.61 Å². The fraction of sp³-hybridized carbons (Fsp3) is 0.500. The number of aryl methyl sites for hydroxylation is 1. The highest BCUT2D eigenvalue weighted by Crippen LogP contribution is 2.28. The molecule has 6 nitrogen and oxygen atoms in total. The Labute approximate surface area is 117 Å². The lowest BCUT2D eigenvalue weighted by Crippen LogP contribution is -2.24. The quantitative estimate of drug-likeness (QED) is 0.471. The van der Waals surface area contributed by atoms with Gasteiger partial charge in [0.1, 0.15) is 0 Å². The molecule has 1 aromatic carbocycles. The molecule has 0 unspecified atom stereocenters. The van der Waals surface area contributed by atoms with Crippen LogP contribution < -0.4 is 4.74 Å². The number of ether oxygens (including phenoxy) is 1. The Morgan fingerprint density at radius 1 is 1.45 bits per heavy atom. The number of carbonyl (C=O) groups is 1. The van der Waals surface area contributed by atoms with Crippen LogP contribution in [0.15, 0.2) is 18.2 Å². The molecule has 6 heteroatoms. The Morgan fingerprint density at radius 2 is 2.10 bits per heavy atom. The minimum atomic E-state index is -0.862. The summed E-state index contributed by atoms with van der Waals surface area (Å²) in [4.78, 5) is 21.3. The lowest BCUT2D eigenvalue weighted by Gasteiger charge is -2.18. The van der Waals surface area contributed by atoms with Crippen molar-refractivity contribution < 1.29 is 19.6 Å². The van der Waals surface area contributed by atoms with Gasteiger partial charge in [-0.2, -0.15) is 0 Å². The summed E-state index contributed by atoms with van der Waals surface area (Å²) in [7, 11) is 0. The van der Waals surface area contributed by atoms with Gasteiger partial charge in [-0.15, -0.1) is 0 Å². The molecular formula is C14H19NO5. The summed E-state index contributed by atoms with van der Waals surface area (Å²) in [5.74, 6) is -0.637. The summed E-state index contributed by atoms with van der Waals surface area (Å²) in [5, 5.41) is 19.8. The zero-order valence-corrected chi connectivity index (χ0v) is 11.9. The van der Waals surface area contributed by atoms with E-state index in [0.717, 1.165) is 5.56 Å². The Morgan fingerprint density at radius 3 is 2.65 bits per heavy atom. The maximum absolute atomic E-state index is 10.9. The third-order valence-electron chi connectivity index (χ3n) is 3.09. The number of nitrogens with zero attached hydrogens (tertiary/aromatic N) is 1. The molecule has 0 saturated heterocycles. The molecule has 0 aliphatic carbocycles. The van der Waals surface area contributed by atoms with E-state index in [1.54, 1.807) is 26.0 Å². The van der Waals surface area contributed by atoms with Crippen LogP contribution in [-0.2, 0) is 4.79 Å². The fourth-order valence-corrected chi connectivity index (χ4v) is 1.69. The monoisotopic (exact) mass is 281 g/mol. The molecular weight excluding hydrogens is 262 g/mol.